The topological polar surface area (TPSA) is 69.6 Å². The summed E-state index contributed by atoms with van der Waals surface area (Å²) in [4.78, 5) is 20.9. The third kappa shape index (κ3) is 5.55. The maximum Gasteiger partial charge on any atom is 0.238 e. The first-order chi connectivity index (χ1) is 32.7. The van der Waals surface area contributed by atoms with Crippen LogP contribution in [0.3, 0.4) is 0 Å². The molecule has 0 atom stereocenters. The first-order valence-electron chi connectivity index (χ1n) is 22.2. The van der Waals surface area contributed by atoms with Crippen LogP contribution in [0.15, 0.2) is 217 Å². The summed E-state index contributed by atoms with van der Waals surface area (Å²) in [5, 5.41) is 12.8. The Balaban J connectivity index is 0.913. The molecule has 10 aromatic carbocycles. The van der Waals surface area contributed by atoms with Gasteiger partial charge in [-0.1, -0.05) is 176 Å². The van der Waals surface area contributed by atoms with Gasteiger partial charge in [0.05, 0.1) is 27.6 Å². The van der Waals surface area contributed by atoms with Gasteiger partial charge in [-0.15, -0.1) is 0 Å². The van der Waals surface area contributed by atoms with Crippen molar-refractivity contribution in [3.05, 3.63) is 212 Å². The predicted octanol–water partition coefficient (Wildman–Crippen LogP) is 15.5. The van der Waals surface area contributed by atoms with Crippen LogP contribution in [0.5, 0.6) is 0 Å². The highest BCUT2D eigenvalue weighted by Gasteiger charge is 2.21. The minimum atomic E-state index is 0.571. The van der Waals surface area contributed by atoms with Gasteiger partial charge in [0, 0.05) is 38.2 Å². The standard InChI is InChI=1S/C60H35N5O/c1-2-14-37(15-3-1)58-62-59(64-60(63-58)65-52-23-11-8-20-46(52)47-21-9-12-24-53(47)65)38-28-26-36(27-29-38)39-30-33-48-51(35-39)61-56(55-49-22-10-13-25-54(49)66-57(48)55)40-31-32-45-43-18-5-4-16-41(43)42-17-6-7-19-44(42)50(45)34-40/h1-35H. The molecule has 0 radical (unpaired) electrons. The van der Waals surface area contributed by atoms with Crippen molar-refractivity contribution in [3.8, 4) is 51.1 Å². The van der Waals surface area contributed by atoms with Crippen molar-refractivity contribution in [1.82, 2.24) is 24.5 Å². The molecule has 14 rings (SSSR count). The highest BCUT2D eigenvalue weighted by atomic mass is 16.3. The van der Waals surface area contributed by atoms with Crippen molar-refractivity contribution >= 4 is 87.0 Å². The van der Waals surface area contributed by atoms with Crippen LogP contribution in [0.4, 0.5) is 0 Å². The molecule has 6 heteroatoms. The number of fused-ring (bicyclic) bond motifs is 14. The number of hydrogen-bond acceptors (Lipinski definition) is 5. The molecule has 14 aromatic rings. The highest BCUT2D eigenvalue weighted by Crippen LogP contribution is 2.43. The third-order valence-electron chi connectivity index (χ3n) is 13.2. The summed E-state index contributed by atoms with van der Waals surface area (Å²) in [5.41, 5.74) is 10.5. The van der Waals surface area contributed by atoms with Crippen LogP contribution in [0.2, 0.25) is 0 Å². The zero-order chi connectivity index (χ0) is 43.3. The molecule has 0 saturated carbocycles. The highest BCUT2D eigenvalue weighted by molar-refractivity contribution is 6.26. The van der Waals surface area contributed by atoms with E-state index in [9.17, 15) is 0 Å². The lowest BCUT2D eigenvalue weighted by Gasteiger charge is -2.13. The monoisotopic (exact) mass is 841 g/mol. The SMILES string of the molecule is c1ccc(-c2nc(-c3ccc(-c4ccc5c(c4)nc(-c4ccc6c7ccccc7c7ccccc7c6c4)c4c6ccccc6oc54)cc3)nc(-n3c4ccccc4c4ccccc43)n2)cc1. The average molecular weight is 842 g/mol. The van der Waals surface area contributed by atoms with Crippen LogP contribution >= 0.6 is 0 Å². The molecule has 0 bridgehead atoms. The van der Waals surface area contributed by atoms with E-state index in [1.807, 2.05) is 42.5 Å². The second kappa shape index (κ2) is 14.3. The smallest absolute Gasteiger partial charge is 0.238 e. The van der Waals surface area contributed by atoms with Gasteiger partial charge in [-0.3, -0.25) is 4.57 Å². The Bertz CT molecular complexity index is 4200. The lowest BCUT2D eigenvalue weighted by Crippen LogP contribution is -2.06. The zero-order valence-electron chi connectivity index (χ0n) is 35.4. The van der Waals surface area contributed by atoms with Gasteiger partial charge in [-0.05, 0) is 79.8 Å². The first-order valence-corrected chi connectivity index (χ1v) is 22.2. The van der Waals surface area contributed by atoms with E-state index in [0.29, 0.717) is 17.6 Å². The number of benzene rings is 10. The molecule has 0 spiro atoms. The summed E-state index contributed by atoms with van der Waals surface area (Å²) in [6.45, 7) is 0. The fourth-order valence-corrected chi connectivity index (χ4v) is 10.2. The van der Waals surface area contributed by atoms with Crippen LogP contribution in [-0.2, 0) is 0 Å². The molecule has 4 aromatic heterocycles. The minimum absolute atomic E-state index is 0.571. The third-order valence-corrected chi connectivity index (χ3v) is 13.2. The lowest BCUT2D eigenvalue weighted by atomic mass is 9.92. The Morgan fingerprint density at radius 1 is 0.318 bits per heavy atom. The summed E-state index contributed by atoms with van der Waals surface area (Å²) in [5.74, 6) is 1.78. The van der Waals surface area contributed by atoms with E-state index in [1.165, 1.54) is 32.3 Å². The minimum Gasteiger partial charge on any atom is -0.455 e. The van der Waals surface area contributed by atoms with Gasteiger partial charge in [0.15, 0.2) is 11.6 Å². The van der Waals surface area contributed by atoms with Crippen molar-refractivity contribution in [2.75, 3.05) is 0 Å². The number of nitrogens with zero attached hydrogens (tertiary/aromatic N) is 5. The van der Waals surface area contributed by atoms with Crippen LogP contribution < -0.4 is 0 Å². The maximum atomic E-state index is 6.72. The van der Waals surface area contributed by atoms with E-state index < -0.39 is 0 Å². The molecule has 66 heavy (non-hydrogen) atoms. The molecular weight excluding hydrogens is 807 g/mol. The van der Waals surface area contributed by atoms with Crippen molar-refractivity contribution in [2.45, 2.75) is 0 Å². The Labute approximate surface area is 377 Å². The van der Waals surface area contributed by atoms with E-state index in [1.54, 1.807) is 0 Å². The molecule has 0 N–H and O–H groups in total. The van der Waals surface area contributed by atoms with Crippen LogP contribution in [0.1, 0.15) is 0 Å². The number of furan rings is 1. The summed E-state index contributed by atoms with van der Waals surface area (Å²) < 4.78 is 8.86. The van der Waals surface area contributed by atoms with Crippen molar-refractivity contribution < 1.29 is 4.42 Å². The van der Waals surface area contributed by atoms with Crippen molar-refractivity contribution in [1.29, 1.82) is 0 Å². The van der Waals surface area contributed by atoms with Crippen molar-refractivity contribution in [2.24, 2.45) is 0 Å². The van der Waals surface area contributed by atoms with Gasteiger partial charge in [-0.25, -0.2) is 9.97 Å². The Morgan fingerprint density at radius 3 is 1.47 bits per heavy atom. The number of hydrogen-bond donors (Lipinski definition) is 0. The molecule has 0 aliphatic rings. The number of para-hydroxylation sites is 3. The molecule has 306 valence electrons. The van der Waals surface area contributed by atoms with Gasteiger partial charge in [0.25, 0.3) is 0 Å². The second-order valence-corrected chi connectivity index (χ2v) is 16.9. The lowest BCUT2D eigenvalue weighted by molar-refractivity contribution is 0.672. The average Bonchev–Trinajstić information content (AvgIpc) is 3.95. The van der Waals surface area contributed by atoms with Gasteiger partial charge < -0.3 is 4.42 Å². The van der Waals surface area contributed by atoms with Gasteiger partial charge in [0.2, 0.25) is 5.95 Å². The summed E-state index contributed by atoms with van der Waals surface area (Å²) in [6.07, 6.45) is 0. The molecule has 0 aliphatic heterocycles. The Morgan fingerprint density at radius 2 is 0.803 bits per heavy atom. The normalized spacial score (nSPS) is 11.9. The summed E-state index contributed by atoms with van der Waals surface area (Å²) in [6, 6.07) is 74.4. The quantitative estimate of drug-likeness (QED) is 0.161. The molecular formula is C60H35N5O. The Kier molecular flexibility index (Phi) is 7.88. The van der Waals surface area contributed by atoms with Crippen molar-refractivity contribution in [3.63, 3.8) is 0 Å². The fourth-order valence-electron chi connectivity index (χ4n) is 10.2. The van der Waals surface area contributed by atoms with Crippen LogP contribution in [-0.4, -0.2) is 24.5 Å². The van der Waals surface area contributed by atoms with E-state index in [-0.39, 0.29) is 0 Å². The van der Waals surface area contributed by atoms with Crippen LogP contribution in [0.25, 0.3) is 138 Å². The predicted molar refractivity (Wildman–Crippen MR) is 271 cm³/mol. The molecule has 6 nitrogen and oxygen atoms in total. The van der Waals surface area contributed by atoms with Gasteiger partial charge >= 0.3 is 0 Å². The zero-order valence-corrected chi connectivity index (χ0v) is 35.4. The number of rotatable bonds is 5. The summed E-state index contributed by atoms with van der Waals surface area (Å²) >= 11 is 0. The van der Waals surface area contributed by atoms with E-state index in [4.69, 9.17) is 24.4 Å². The fraction of sp³-hybridized carbons (Fsp3) is 0. The van der Waals surface area contributed by atoms with Crippen LogP contribution in [0, 0.1) is 0 Å². The Hall–Kier alpha value is -9.00. The van der Waals surface area contributed by atoms with Gasteiger partial charge in [-0.2, -0.15) is 9.97 Å². The molecule has 0 saturated heterocycles. The van der Waals surface area contributed by atoms with Gasteiger partial charge in [0.1, 0.15) is 11.2 Å². The number of pyridine rings is 1. The molecule has 0 fully saturated rings. The molecule has 0 amide bonds. The summed E-state index contributed by atoms with van der Waals surface area (Å²) in [7, 11) is 0. The molecule has 0 unspecified atom stereocenters. The second-order valence-electron chi connectivity index (χ2n) is 16.9. The molecule has 4 heterocycles. The van der Waals surface area contributed by atoms with E-state index in [0.717, 1.165) is 88.2 Å². The largest absolute Gasteiger partial charge is 0.455 e. The van der Waals surface area contributed by atoms with E-state index in [2.05, 4.69) is 174 Å². The molecule has 0 aliphatic carbocycles. The maximum absolute atomic E-state index is 6.72. The number of aromatic nitrogens is 5. The van der Waals surface area contributed by atoms with E-state index >= 15 is 0 Å². The first kappa shape index (κ1) is 36.5.